The number of aryl methyl sites for hydroxylation is 2. The molecule has 246 valence electrons. The van der Waals surface area contributed by atoms with Crippen molar-refractivity contribution >= 4 is 29.5 Å². The average molecular weight is 651 g/mol. The Morgan fingerprint density at radius 3 is 1.11 bits per heavy atom. The molecule has 0 atom stereocenters. The van der Waals surface area contributed by atoms with E-state index in [2.05, 4.69) is 20.2 Å². The van der Waals surface area contributed by atoms with E-state index < -0.39 is 17.6 Å². The first-order valence-corrected chi connectivity index (χ1v) is 19.5. The van der Waals surface area contributed by atoms with Crippen LogP contribution in [0.25, 0.3) is 22.8 Å². The Morgan fingerprint density at radius 2 is 0.841 bits per heavy atom. The van der Waals surface area contributed by atoms with Gasteiger partial charge >= 0.3 is 17.6 Å². The van der Waals surface area contributed by atoms with Crippen LogP contribution in [0.1, 0.15) is 54.4 Å². The van der Waals surface area contributed by atoms with Crippen molar-refractivity contribution < 1.29 is 26.6 Å². The van der Waals surface area contributed by atoms with Gasteiger partial charge in [-0.25, -0.2) is 9.36 Å². The van der Waals surface area contributed by atoms with Crippen molar-refractivity contribution in [2.24, 2.45) is 0 Å². The molecule has 0 saturated carbocycles. The number of nitrogen functional groups attached to an aromatic ring is 2. The molecule has 0 unspecified atom stereocenters. The van der Waals surface area contributed by atoms with Gasteiger partial charge in [0.15, 0.2) is 11.6 Å². The van der Waals surface area contributed by atoms with Gasteiger partial charge in [0.25, 0.3) is 0 Å². The van der Waals surface area contributed by atoms with Crippen molar-refractivity contribution in [3.05, 3.63) is 24.3 Å². The Bertz CT molecular complexity index is 1130. The van der Waals surface area contributed by atoms with Gasteiger partial charge in [-0.05, 0) is 54.4 Å². The third kappa shape index (κ3) is 9.64. The molecule has 3 aromatic rings. The van der Waals surface area contributed by atoms with Crippen LogP contribution in [0.15, 0.2) is 24.3 Å². The summed E-state index contributed by atoms with van der Waals surface area (Å²) in [5.41, 5.74) is 14.1. The summed E-state index contributed by atoms with van der Waals surface area (Å²) in [6, 6.07) is 9.04. The maximum atomic E-state index is 6.21. The highest BCUT2D eigenvalue weighted by Gasteiger charge is 2.40. The van der Waals surface area contributed by atoms with Crippen LogP contribution in [-0.4, -0.2) is 86.8 Å². The van der Waals surface area contributed by atoms with Crippen molar-refractivity contribution in [2.75, 3.05) is 51.1 Å². The fourth-order valence-electron chi connectivity index (χ4n) is 4.94. The van der Waals surface area contributed by atoms with E-state index in [9.17, 15) is 0 Å². The summed E-state index contributed by atoms with van der Waals surface area (Å²) < 4.78 is 39.1. The molecule has 4 N–H and O–H groups in total. The van der Waals surface area contributed by atoms with Crippen LogP contribution in [0.5, 0.6) is 0 Å². The molecule has 16 heteroatoms. The summed E-state index contributed by atoms with van der Waals surface area (Å²) in [5.74, 6) is 1.78. The minimum absolute atomic E-state index is 0.346. The molecule has 0 bridgehead atoms. The molecule has 0 radical (unpaired) electrons. The Hall–Kier alpha value is -2.71. The van der Waals surface area contributed by atoms with E-state index in [1.165, 1.54) is 0 Å². The largest absolute Gasteiger partial charge is 0.500 e. The lowest BCUT2D eigenvalue weighted by atomic mass is 10.1. The van der Waals surface area contributed by atoms with E-state index >= 15 is 0 Å². The Labute approximate surface area is 263 Å². The fraction of sp³-hybridized carbons (Fsp3) is 0.643. The van der Waals surface area contributed by atoms with Gasteiger partial charge in [-0.3, -0.25) is 0 Å². The van der Waals surface area contributed by atoms with E-state index in [0.29, 0.717) is 88.4 Å². The highest BCUT2D eigenvalue weighted by molar-refractivity contribution is 6.61. The first-order valence-electron chi connectivity index (χ1n) is 15.6. The summed E-state index contributed by atoms with van der Waals surface area (Å²) in [6.07, 6.45) is 1.47. The van der Waals surface area contributed by atoms with Gasteiger partial charge in [0.2, 0.25) is 11.9 Å². The molecule has 3 rings (SSSR count). The molecule has 0 aliphatic carbocycles. The average Bonchev–Trinajstić information content (AvgIpc) is 3.55. The van der Waals surface area contributed by atoms with E-state index in [1.807, 2.05) is 65.8 Å². The number of hydrogen-bond acceptors (Lipinski definition) is 12. The highest BCUT2D eigenvalue weighted by atomic mass is 28.4. The van der Waals surface area contributed by atoms with Gasteiger partial charge in [0.1, 0.15) is 0 Å². The number of nitrogens with zero attached hydrogens (tertiary/aromatic N) is 6. The molecule has 44 heavy (non-hydrogen) atoms. The zero-order valence-corrected chi connectivity index (χ0v) is 29.1. The van der Waals surface area contributed by atoms with Gasteiger partial charge in [0, 0.05) is 75.9 Å². The van der Waals surface area contributed by atoms with Gasteiger partial charge in [-0.1, -0.05) is 24.3 Å². The summed E-state index contributed by atoms with van der Waals surface area (Å²) in [4.78, 5) is 8.97. The number of benzene rings is 1. The number of rotatable bonds is 22. The van der Waals surface area contributed by atoms with Crippen molar-refractivity contribution in [3.8, 4) is 22.8 Å². The normalized spacial score (nSPS) is 12.3. The number of aromatic nitrogens is 6. The molecule has 2 heterocycles. The van der Waals surface area contributed by atoms with Gasteiger partial charge in [-0.15, -0.1) is 10.2 Å². The summed E-state index contributed by atoms with van der Waals surface area (Å²) in [6.45, 7) is 16.1. The van der Waals surface area contributed by atoms with Crippen LogP contribution in [0.2, 0.25) is 12.1 Å². The molecular weight excluding hydrogens is 601 g/mol. The molecule has 0 fully saturated rings. The van der Waals surface area contributed by atoms with Gasteiger partial charge in [0.05, 0.1) is 0 Å². The van der Waals surface area contributed by atoms with E-state index in [1.54, 1.807) is 9.36 Å². The smallest absolute Gasteiger partial charge is 0.374 e. The monoisotopic (exact) mass is 650 g/mol. The summed E-state index contributed by atoms with van der Waals surface area (Å²) >= 11 is 0. The number of anilines is 2. The van der Waals surface area contributed by atoms with Crippen LogP contribution >= 0.6 is 0 Å². The second-order valence-corrected chi connectivity index (χ2v) is 15.2. The zero-order valence-electron chi connectivity index (χ0n) is 27.1. The van der Waals surface area contributed by atoms with Crippen LogP contribution in [0.4, 0.5) is 11.9 Å². The van der Waals surface area contributed by atoms with Crippen molar-refractivity contribution in [2.45, 2.75) is 79.6 Å². The zero-order chi connectivity index (χ0) is 32.0. The first kappa shape index (κ1) is 35.8. The van der Waals surface area contributed by atoms with Crippen LogP contribution < -0.4 is 11.5 Å². The third-order valence-corrected chi connectivity index (χ3v) is 13.0. The van der Waals surface area contributed by atoms with Crippen LogP contribution in [0.3, 0.4) is 0 Å². The standard InChI is InChI=1S/C28H50N8O6Si2/c1-7-37-43(38-8-2,39-9-3)21-13-19-35-27(29)31-25(33-35)23-15-17-24(18-16-23)26-32-28(30)36(34-26)20-14-22-44(40-10-4,41-11-5)42-12-6/h15-18H,7-14,19-22H2,1-6H3,(H2,29,31,33)(H2,30,32,34). The molecule has 2 aromatic heterocycles. The Kier molecular flexibility index (Phi) is 14.4. The molecule has 14 nitrogen and oxygen atoms in total. The van der Waals surface area contributed by atoms with Crippen LogP contribution in [-0.2, 0) is 39.6 Å². The second kappa shape index (κ2) is 17.7. The SMILES string of the molecule is CCO[Si](CCCn1nc(-c2ccc(-c3nc(N)n(CCC[Si](OCC)(OCC)OCC)n3)cc2)nc1N)(OCC)OCC. The summed E-state index contributed by atoms with van der Waals surface area (Å²) in [5, 5.41) is 9.28. The number of hydrogen-bond donors (Lipinski definition) is 2. The Balaban J connectivity index is 1.63. The van der Waals surface area contributed by atoms with Gasteiger partial charge < -0.3 is 38.0 Å². The summed E-state index contributed by atoms with van der Waals surface area (Å²) in [7, 11) is -5.46. The predicted molar refractivity (Wildman–Crippen MR) is 173 cm³/mol. The minimum atomic E-state index is -2.73. The predicted octanol–water partition coefficient (Wildman–Crippen LogP) is 4.25. The fourth-order valence-corrected chi connectivity index (χ4v) is 10.1. The van der Waals surface area contributed by atoms with Crippen molar-refractivity contribution in [1.82, 2.24) is 29.5 Å². The molecule has 0 aliphatic heterocycles. The molecule has 0 amide bonds. The topological polar surface area (TPSA) is 169 Å². The third-order valence-electron chi connectivity index (χ3n) is 6.69. The minimum Gasteiger partial charge on any atom is -0.374 e. The Morgan fingerprint density at radius 1 is 0.545 bits per heavy atom. The maximum absolute atomic E-state index is 6.21. The molecule has 0 spiro atoms. The maximum Gasteiger partial charge on any atom is 0.500 e. The molecular formula is C28H50N8O6Si2. The van der Waals surface area contributed by atoms with Gasteiger partial charge in [-0.2, -0.15) is 9.97 Å². The first-order chi connectivity index (χ1) is 21.3. The quantitative estimate of drug-likeness (QED) is 0.149. The molecule has 0 saturated heterocycles. The molecule has 1 aromatic carbocycles. The van der Waals surface area contributed by atoms with Crippen LogP contribution in [0, 0.1) is 0 Å². The second-order valence-electron chi connectivity index (χ2n) is 9.78. The number of nitrogens with two attached hydrogens (primary N) is 2. The van der Waals surface area contributed by atoms with E-state index in [4.69, 9.17) is 38.0 Å². The van der Waals surface area contributed by atoms with Crippen molar-refractivity contribution in [1.29, 1.82) is 0 Å². The van der Waals surface area contributed by atoms with Crippen molar-refractivity contribution in [3.63, 3.8) is 0 Å². The highest BCUT2D eigenvalue weighted by Crippen LogP contribution is 2.25. The lowest BCUT2D eigenvalue weighted by Crippen LogP contribution is -2.46. The van der Waals surface area contributed by atoms with E-state index in [-0.39, 0.29) is 0 Å². The van der Waals surface area contributed by atoms with E-state index in [0.717, 1.165) is 24.0 Å². The lowest BCUT2D eigenvalue weighted by Gasteiger charge is -2.28. The molecule has 0 aliphatic rings. The lowest BCUT2D eigenvalue weighted by molar-refractivity contribution is 0.0696.